The van der Waals surface area contributed by atoms with Crippen LogP contribution < -0.4 is 15.0 Å². The van der Waals surface area contributed by atoms with Crippen molar-refractivity contribution < 1.29 is 9.53 Å². The monoisotopic (exact) mass is 421 g/mol. The first-order chi connectivity index (χ1) is 14.7. The highest BCUT2D eigenvalue weighted by atomic mass is 35.5. The minimum atomic E-state index is -0.0112. The lowest BCUT2D eigenvalue weighted by atomic mass is 10.2. The minimum absolute atomic E-state index is 0.0112. The lowest BCUT2D eigenvalue weighted by Crippen LogP contribution is -2.48. The summed E-state index contributed by atoms with van der Waals surface area (Å²) in [6, 6.07) is 24.9. The molecule has 6 heteroatoms. The smallest absolute Gasteiger partial charge is 0.238 e. The first kappa shape index (κ1) is 20.3. The highest BCUT2D eigenvalue weighted by Crippen LogP contribution is 2.23. The highest BCUT2D eigenvalue weighted by molar-refractivity contribution is 6.30. The van der Waals surface area contributed by atoms with Crippen LogP contribution in [0.25, 0.3) is 0 Å². The van der Waals surface area contributed by atoms with Gasteiger partial charge in [0.1, 0.15) is 11.5 Å². The number of benzene rings is 3. The topological polar surface area (TPSA) is 44.8 Å². The Morgan fingerprint density at radius 3 is 2.27 bits per heavy atom. The van der Waals surface area contributed by atoms with Gasteiger partial charge in [0.15, 0.2) is 0 Å². The van der Waals surface area contributed by atoms with Crippen molar-refractivity contribution in [3.05, 3.63) is 83.9 Å². The fraction of sp³-hybridized carbons (Fsp3) is 0.208. The quantitative estimate of drug-likeness (QED) is 0.615. The van der Waals surface area contributed by atoms with Crippen molar-refractivity contribution in [2.75, 3.05) is 42.9 Å². The fourth-order valence-corrected chi connectivity index (χ4v) is 3.66. The summed E-state index contributed by atoms with van der Waals surface area (Å²) in [5.41, 5.74) is 1.89. The Morgan fingerprint density at radius 2 is 1.57 bits per heavy atom. The molecule has 1 N–H and O–H groups in total. The van der Waals surface area contributed by atoms with Crippen LogP contribution >= 0.6 is 11.6 Å². The van der Waals surface area contributed by atoms with Crippen molar-refractivity contribution in [2.45, 2.75) is 0 Å². The average molecular weight is 422 g/mol. The number of ether oxygens (including phenoxy) is 1. The molecule has 1 aliphatic heterocycles. The van der Waals surface area contributed by atoms with Crippen LogP contribution in [0.2, 0.25) is 5.02 Å². The summed E-state index contributed by atoms with van der Waals surface area (Å²) in [6.07, 6.45) is 0. The zero-order valence-electron chi connectivity index (χ0n) is 16.6. The van der Waals surface area contributed by atoms with Crippen LogP contribution in [-0.4, -0.2) is 43.5 Å². The summed E-state index contributed by atoms with van der Waals surface area (Å²) in [6.45, 7) is 3.80. The molecule has 154 valence electrons. The first-order valence-corrected chi connectivity index (χ1v) is 10.4. The van der Waals surface area contributed by atoms with Gasteiger partial charge in [-0.15, -0.1) is 0 Å². The van der Waals surface area contributed by atoms with Gasteiger partial charge in [-0.05, 0) is 54.6 Å². The van der Waals surface area contributed by atoms with Gasteiger partial charge >= 0.3 is 0 Å². The third kappa shape index (κ3) is 5.53. The summed E-state index contributed by atoms with van der Waals surface area (Å²) in [5.74, 6) is 1.51. The highest BCUT2D eigenvalue weighted by Gasteiger charge is 2.19. The lowest BCUT2D eigenvalue weighted by molar-refractivity contribution is -0.117. The maximum atomic E-state index is 12.4. The first-order valence-electron chi connectivity index (χ1n) is 10.0. The van der Waals surface area contributed by atoms with E-state index in [4.69, 9.17) is 16.3 Å². The zero-order chi connectivity index (χ0) is 20.8. The summed E-state index contributed by atoms with van der Waals surface area (Å²) in [4.78, 5) is 16.9. The van der Waals surface area contributed by atoms with Gasteiger partial charge in [0.2, 0.25) is 5.91 Å². The van der Waals surface area contributed by atoms with E-state index in [0.29, 0.717) is 6.54 Å². The summed E-state index contributed by atoms with van der Waals surface area (Å²) in [5, 5.41) is 3.71. The largest absolute Gasteiger partial charge is 0.457 e. The van der Waals surface area contributed by atoms with Crippen molar-refractivity contribution >= 4 is 28.9 Å². The minimum Gasteiger partial charge on any atom is -0.457 e. The van der Waals surface area contributed by atoms with Crippen LogP contribution in [0.1, 0.15) is 0 Å². The number of rotatable bonds is 6. The van der Waals surface area contributed by atoms with Crippen molar-refractivity contribution in [1.29, 1.82) is 0 Å². The number of piperazine rings is 1. The molecule has 1 aliphatic rings. The molecule has 3 aromatic rings. The second-order valence-corrected chi connectivity index (χ2v) is 7.67. The van der Waals surface area contributed by atoms with Crippen molar-refractivity contribution in [2.24, 2.45) is 0 Å². The average Bonchev–Trinajstić information content (AvgIpc) is 2.76. The van der Waals surface area contributed by atoms with Gasteiger partial charge in [-0.25, -0.2) is 0 Å². The molecule has 5 nitrogen and oxygen atoms in total. The normalized spacial score (nSPS) is 14.4. The summed E-state index contributed by atoms with van der Waals surface area (Å²) >= 11 is 6.09. The third-order valence-corrected chi connectivity index (χ3v) is 5.26. The molecule has 1 heterocycles. The Labute approximate surface area is 181 Å². The summed E-state index contributed by atoms with van der Waals surface area (Å²) < 4.78 is 5.78. The molecule has 1 saturated heterocycles. The number of para-hydroxylation sites is 1. The number of anilines is 2. The molecule has 0 aromatic heterocycles. The van der Waals surface area contributed by atoms with E-state index in [1.807, 2.05) is 72.8 Å². The van der Waals surface area contributed by atoms with E-state index in [2.05, 4.69) is 21.2 Å². The molecule has 0 spiro atoms. The molecule has 0 unspecified atom stereocenters. The Kier molecular flexibility index (Phi) is 6.52. The standard InChI is InChI=1S/C24H24ClN3O2/c25-19-5-4-6-21(17-19)28-15-13-27(14-16-28)18-24(29)26-20-9-11-23(12-10-20)30-22-7-2-1-3-8-22/h1-12,17H,13-16,18H2,(H,26,29). The van der Waals surface area contributed by atoms with Crippen molar-refractivity contribution in [3.8, 4) is 11.5 Å². The zero-order valence-corrected chi connectivity index (χ0v) is 17.4. The van der Waals surface area contributed by atoms with Crippen LogP contribution in [0.4, 0.5) is 11.4 Å². The number of nitrogens with one attached hydrogen (secondary N) is 1. The Hall–Kier alpha value is -3.02. The van der Waals surface area contributed by atoms with Gasteiger partial charge in [-0.1, -0.05) is 35.9 Å². The van der Waals surface area contributed by atoms with E-state index in [1.165, 1.54) is 0 Å². The van der Waals surface area contributed by atoms with Gasteiger partial charge in [0.25, 0.3) is 0 Å². The van der Waals surface area contributed by atoms with Crippen LogP contribution in [0.3, 0.4) is 0 Å². The number of carbonyl (C=O) groups excluding carboxylic acids is 1. The predicted molar refractivity (Wildman–Crippen MR) is 122 cm³/mol. The molecule has 1 fully saturated rings. The van der Waals surface area contributed by atoms with E-state index >= 15 is 0 Å². The van der Waals surface area contributed by atoms with E-state index in [0.717, 1.165) is 54.1 Å². The number of nitrogens with zero attached hydrogens (tertiary/aromatic N) is 2. The third-order valence-electron chi connectivity index (χ3n) is 5.03. The van der Waals surface area contributed by atoms with E-state index in [-0.39, 0.29) is 5.91 Å². The molecule has 0 saturated carbocycles. The van der Waals surface area contributed by atoms with E-state index < -0.39 is 0 Å². The molecule has 0 bridgehead atoms. The second-order valence-electron chi connectivity index (χ2n) is 7.23. The maximum Gasteiger partial charge on any atom is 0.238 e. The molecule has 3 aromatic carbocycles. The van der Waals surface area contributed by atoms with Crippen LogP contribution in [0.15, 0.2) is 78.9 Å². The second kappa shape index (κ2) is 9.65. The number of halogens is 1. The van der Waals surface area contributed by atoms with Crippen molar-refractivity contribution in [1.82, 2.24) is 4.90 Å². The van der Waals surface area contributed by atoms with Gasteiger partial charge in [0, 0.05) is 42.6 Å². The van der Waals surface area contributed by atoms with Gasteiger partial charge in [-0.3, -0.25) is 9.69 Å². The molecule has 0 atom stereocenters. The Balaban J connectivity index is 1.24. The molecular formula is C24H24ClN3O2. The van der Waals surface area contributed by atoms with Crippen LogP contribution in [0.5, 0.6) is 11.5 Å². The van der Waals surface area contributed by atoms with Gasteiger partial charge in [-0.2, -0.15) is 0 Å². The van der Waals surface area contributed by atoms with Gasteiger partial charge in [0.05, 0.1) is 6.54 Å². The molecule has 0 aliphatic carbocycles. The number of amides is 1. The molecule has 1 amide bonds. The maximum absolute atomic E-state index is 12.4. The number of hydrogen-bond acceptors (Lipinski definition) is 4. The fourth-order valence-electron chi connectivity index (χ4n) is 3.47. The molecule has 30 heavy (non-hydrogen) atoms. The number of hydrogen-bond donors (Lipinski definition) is 1. The Morgan fingerprint density at radius 1 is 0.867 bits per heavy atom. The van der Waals surface area contributed by atoms with Crippen LogP contribution in [-0.2, 0) is 4.79 Å². The molecule has 0 radical (unpaired) electrons. The SMILES string of the molecule is O=C(CN1CCN(c2cccc(Cl)c2)CC1)Nc1ccc(Oc2ccccc2)cc1. The molecular weight excluding hydrogens is 398 g/mol. The lowest BCUT2D eigenvalue weighted by Gasteiger charge is -2.35. The predicted octanol–water partition coefficient (Wildman–Crippen LogP) is 4.89. The van der Waals surface area contributed by atoms with E-state index in [9.17, 15) is 4.79 Å². The van der Waals surface area contributed by atoms with Crippen molar-refractivity contribution in [3.63, 3.8) is 0 Å². The summed E-state index contributed by atoms with van der Waals surface area (Å²) in [7, 11) is 0. The Bertz CT molecular complexity index is 971. The van der Waals surface area contributed by atoms with Gasteiger partial charge < -0.3 is 15.0 Å². The molecule has 4 rings (SSSR count). The number of carbonyl (C=O) groups is 1. The van der Waals surface area contributed by atoms with Crippen LogP contribution in [0, 0.1) is 0 Å². The van der Waals surface area contributed by atoms with E-state index in [1.54, 1.807) is 0 Å².